The maximum absolute atomic E-state index is 11.5. The number of allylic oxidation sites excluding steroid dienone is 4. The highest BCUT2D eigenvalue weighted by Crippen LogP contribution is 2.38. The Hall–Kier alpha value is -1.65. The molecule has 0 bridgehead atoms. The van der Waals surface area contributed by atoms with Gasteiger partial charge in [0.1, 0.15) is 4.86 Å². The van der Waals surface area contributed by atoms with Crippen LogP contribution in [0.2, 0.25) is 0 Å². The minimum atomic E-state index is -2.36. The number of hydrogen-bond acceptors (Lipinski definition) is 3. The van der Waals surface area contributed by atoms with Gasteiger partial charge in [0, 0.05) is 11.1 Å². The fraction of sp³-hybridized carbons (Fsp3) is 0.143. The molecule has 0 N–H and O–H groups in total. The van der Waals surface area contributed by atoms with E-state index in [0.29, 0.717) is 11.3 Å². The third-order valence-corrected chi connectivity index (χ3v) is 4.18. The summed E-state index contributed by atoms with van der Waals surface area (Å²) in [7, 11) is -2.36. The van der Waals surface area contributed by atoms with Gasteiger partial charge in [0.15, 0.2) is 0 Å². The monoisotopic (exact) mass is 291 g/mol. The first kappa shape index (κ1) is 12.4. The zero-order valence-electron chi connectivity index (χ0n) is 10.1. The second kappa shape index (κ2) is 4.47. The Morgan fingerprint density at radius 3 is 2.63 bits per heavy atom. The molecule has 0 aromatic heterocycles. The second-order valence-corrected chi connectivity index (χ2v) is 5.89. The quantitative estimate of drug-likeness (QED) is 0.590. The molecule has 0 fully saturated rings. The number of benzene rings is 1. The normalized spacial score (nSPS) is 18.0. The molecule has 0 saturated carbocycles. The van der Waals surface area contributed by atoms with Crippen molar-refractivity contribution in [1.82, 2.24) is 0 Å². The molecule has 0 radical (unpaired) electrons. The molecule has 2 aliphatic rings. The Balaban J connectivity index is 2.29. The number of fused-ring (bicyclic) bond motifs is 3. The van der Waals surface area contributed by atoms with E-state index in [1.807, 2.05) is 30.3 Å². The lowest BCUT2D eigenvalue weighted by atomic mass is 9.91. The summed E-state index contributed by atoms with van der Waals surface area (Å²) in [6.07, 6.45) is 3.65. The molecule has 0 saturated heterocycles. The third-order valence-electron chi connectivity index (χ3n) is 3.18. The average Bonchev–Trinajstić information content (AvgIpc) is 2.75. The van der Waals surface area contributed by atoms with Gasteiger partial charge in [-0.2, -0.15) is 8.42 Å². The highest BCUT2D eigenvalue weighted by atomic mass is 35.5. The van der Waals surface area contributed by atoms with E-state index in [0.717, 1.165) is 16.8 Å². The molecule has 19 heavy (non-hydrogen) atoms. The van der Waals surface area contributed by atoms with E-state index in [1.165, 1.54) is 0 Å². The van der Waals surface area contributed by atoms with Crippen molar-refractivity contribution in [3.63, 3.8) is 0 Å². The molecule has 1 aromatic carbocycles. The van der Waals surface area contributed by atoms with E-state index in [-0.39, 0.29) is 10.2 Å². The lowest BCUT2D eigenvalue weighted by molar-refractivity contribution is 0.627. The van der Waals surface area contributed by atoms with E-state index in [1.54, 1.807) is 13.0 Å². The fourth-order valence-corrected chi connectivity index (χ4v) is 3.32. The predicted molar refractivity (Wildman–Crippen MR) is 78.8 cm³/mol. The maximum atomic E-state index is 11.5. The molecule has 96 valence electrons. The Labute approximate surface area is 117 Å². The van der Waals surface area contributed by atoms with Gasteiger partial charge >= 0.3 is 0 Å². The van der Waals surface area contributed by atoms with Crippen molar-refractivity contribution < 1.29 is 8.42 Å². The molecule has 1 aliphatic heterocycles. The number of para-hydroxylation sites is 1. The summed E-state index contributed by atoms with van der Waals surface area (Å²) in [5, 5.41) is -0.378. The maximum Gasteiger partial charge on any atom is 0.224 e. The van der Waals surface area contributed by atoms with E-state index < -0.39 is 10.3 Å². The van der Waals surface area contributed by atoms with Crippen LogP contribution in [0.3, 0.4) is 0 Å². The highest BCUT2D eigenvalue weighted by molar-refractivity contribution is 7.75. The number of alkyl halides is 1. The van der Waals surface area contributed by atoms with Crippen molar-refractivity contribution in [3.05, 3.63) is 47.6 Å². The van der Waals surface area contributed by atoms with Gasteiger partial charge < -0.3 is 0 Å². The first-order valence-electron chi connectivity index (χ1n) is 5.81. The Bertz CT molecular complexity index is 790. The van der Waals surface area contributed by atoms with Crippen LogP contribution in [-0.4, -0.2) is 24.4 Å². The molecule has 1 aliphatic carbocycles. The zero-order chi connectivity index (χ0) is 13.6. The Kier molecular flexibility index (Phi) is 2.92. The van der Waals surface area contributed by atoms with E-state index >= 15 is 0 Å². The van der Waals surface area contributed by atoms with Crippen LogP contribution in [0.4, 0.5) is 5.69 Å². The summed E-state index contributed by atoms with van der Waals surface area (Å²) >= 11 is 6.05. The van der Waals surface area contributed by atoms with Crippen LogP contribution in [0.1, 0.15) is 12.5 Å². The van der Waals surface area contributed by atoms with Crippen molar-refractivity contribution in [2.45, 2.75) is 12.3 Å². The summed E-state index contributed by atoms with van der Waals surface area (Å²) < 4.78 is 23.0. The van der Waals surface area contributed by atoms with Gasteiger partial charge in [-0.15, -0.1) is 11.6 Å². The summed E-state index contributed by atoms with van der Waals surface area (Å²) in [5.74, 6) is 0. The van der Waals surface area contributed by atoms with Gasteiger partial charge in [-0.05, 0) is 18.6 Å². The van der Waals surface area contributed by atoms with Gasteiger partial charge in [-0.3, -0.25) is 0 Å². The van der Waals surface area contributed by atoms with E-state index in [9.17, 15) is 8.42 Å². The lowest BCUT2D eigenvalue weighted by Gasteiger charge is -2.15. The Morgan fingerprint density at radius 1 is 1.21 bits per heavy atom. The van der Waals surface area contributed by atoms with Crippen LogP contribution in [0.15, 0.2) is 47.0 Å². The van der Waals surface area contributed by atoms with Crippen LogP contribution in [0, 0.1) is 0 Å². The van der Waals surface area contributed by atoms with Gasteiger partial charge in [0.25, 0.3) is 0 Å². The van der Waals surface area contributed by atoms with Crippen LogP contribution in [-0.2, 0) is 10.3 Å². The number of halogens is 1. The molecule has 1 heterocycles. The summed E-state index contributed by atoms with van der Waals surface area (Å²) in [6, 6.07) is 7.60. The molecule has 1 atom stereocenters. The van der Waals surface area contributed by atoms with Crippen molar-refractivity contribution in [1.29, 1.82) is 0 Å². The molecule has 3 rings (SSSR count). The standard InChI is InChI=1S/C14H10ClNO2S/c1-8(15)9-6-7-11-10-4-2-3-5-12(10)16-13(11)14(9)19(17)18/h2-8H,1H3. The van der Waals surface area contributed by atoms with Gasteiger partial charge in [0.05, 0.1) is 16.8 Å². The first-order chi connectivity index (χ1) is 9.09. The third kappa shape index (κ3) is 1.88. The van der Waals surface area contributed by atoms with Crippen molar-refractivity contribution >= 4 is 43.7 Å². The highest BCUT2D eigenvalue weighted by Gasteiger charge is 2.31. The van der Waals surface area contributed by atoms with Crippen molar-refractivity contribution in [2.24, 2.45) is 4.99 Å². The minimum absolute atomic E-state index is 0.205. The van der Waals surface area contributed by atoms with Crippen LogP contribution < -0.4 is 0 Å². The zero-order valence-corrected chi connectivity index (χ0v) is 11.7. The molecular weight excluding hydrogens is 282 g/mol. The molecular formula is C14H10ClNO2S. The molecule has 1 aromatic rings. The first-order valence-corrected chi connectivity index (χ1v) is 7.32. The molecule has 5 heteroatoms. The summed E-state index contributed by atoms with van der Waals surface area (Å²) in [4.78, 5) is 4.63. The molecule has 0 amide bonds. The number of nitrogens with zero attached hydrogens (tertiary/aromatic N) is 1. The number of rotatable bonds is 1. The summed E-state index contributed by atoms with van der Waals surface area (Å²) in [6.45, 7) is 1.75. The Morgan fingerprint density at radius 2 is 1.95 bits per heavy atom. The topological polar surface area (TPSA) is 46.5 Å². The predicted octanol–water partition coefficient (Wildman–Crippen LogP) is 2.77. The van der Waals surface area contributed by atoms with Crippen LogP contribution >= 0.6 is 11.6 Å². The van der Waals surface area contributed by atoms with E-state index in [4.69, 9.17) is 11.6 Å². The van der Waals surface area contributed by atoms with Crippen molar-refractivity contribution in [3.8, 4) is 0 Å². The summed E-state index contributed by atoms with van der Waals surface area (Å²) in [5.41, 5.74) is 3.68. The lowest BCUT2D eigenvalue weighted by Crippen LogP contribution is -2.24. The van der Waals surface area contributed by atoms with Gasteiger partial charge in [0.2, 0.25) is 10.3 Å². The van der Waals surface area contributed by atoms with Gasteiger partial charge in [-0.25, -0.2) is 4.99 Å². The molecule has 1 unspecified atom stereocenters. The molecule has 3 nitrogen and oxygen atoms in total. The van der Waals surface area contributed by atoms with Crippen molar-refractivity contribution in [2.75, 3.05) is 0 Å². The number of aliphatic imine (C=N–C) groups is 1. The van der Waals surface area contributed by atoms with Gasteiger partial charge in [-0.1, -0.05) is 30.4 Å². The minimum Gasteiger partial charge on any atom is -0.246 e. The average molecular weight is 292 g/mol. The molecule has 0 spiro atoms. The van der Waals surface area contributed by atoms with E-state index in [2.05, 4.69) is 4.99 Å². The fourth-order valence-electron chi connectivity index (χ4n) is 2.32. The largest absolute Gasteiger partial charge is 0.246 e. The number of hydrogen-bond donors (Lipinski definition) is 0. The SMILES string of the molecule is CC(Cl)C1=CC=C2C(=Nc3ccccc32)C1=S(=O)=O. The smallest absolute Gasteiger partial charge is 0.224 e. The van der Waals surface area contributed by atoms with Crippen LogP contribution in [0.5, 0.6) is 0 Å². The van der Waals surface area contributed by atoms with Crippen LogP contribution in [0.25, 0.3) is 5.57 Å². The second-order valence-electron chi connectivity index (χ2n) is 4.36.